The minimum absolute atomic E-state index is 0.151. The number of carbonyl (C=O) groups is 1. The Hall–Kier alpha value is -2.30. The second kappa shape index (κ2) is 7.64. The Morgan fingerprint density at radius 1 is 1.27 bits per heavy atom. The second-order valence-electron chi connectivity index (χ2n) is 5.49. The van der Waals surface area contributed by atoms with Crippen LogP contribution in [0.1, 0.15) is 49.2 Å². The zero-order valence-electron chi connectivity index (χ0n) is 13.4. The highest BCUT2D eigenvalue weighted by atomic mass is 16.5. The van der Waals surface area contributed by atoms with Crippen LogP contribution in [0.2, 0.25) is 0 Å². The molecule has 0 fully saturated rings. The van der Waals surface area contributed by atoms with Gasteiger partial charge in [0.1, 0.15) is 11.4 Å². The smallest absolute Gasteiger partial charge is 0.271 e. The first-order valence-electron chi connectivity index (χ1n) is 7.64. The van der Waals surface area contributed by atoms with Crippen LogP contribution in [0.15, 0.2) is 36.5 Å². The molecule has 5 nitrogen and oxygen atoms in total. The number of rotatable bonds is 7. The SMILES string of the molecule is CCCNC(=O)c1ccn(COc2ccc(C(C)C)cc2)n1. The third kappa shape index (κ3) is 4.35. The van der Waals surface area contributed by atoms with Crippen LogP contribution in [0.4, 0.5) is 0 Å². The van der Waals surface area contributed by atoms with E-state index in [0.717, 1.165) is 12.2 Å². The van der Waals surface area contributed by atoms with Gasteiger partial charge in [0.05, 0.1) is 0 Å². The van der Waals surface area contributed by atoms with Gasteiger partial charge in [-0.05, 0) is 36.1 Å². The molecule has 2 rings (SSSR count). The molecule has 0 aliphatic rings. The van der Waals surface area contributed by atoms with Gasteiger partial charge in [-0.25, -0.2) is 4.68 Å². The van der Waals surface area contributed by atoms with Crippen molar-refractivity contribution in [3.05, 3.63) is 47.8 Å². The number of carbonyl (C=O) groups excluding carboxylic acids is 1. The summed E-state index contributed by atoms with van der Waals surface area (Å²) in [5, 5.41) is 7.00. The van der Waals surface area contributed by atoms with E-state index in [1.54, 1.807) is 16.9 Å². The van der Waals surface area contributed by atoms with Crippen molar-refractivity contribution in [3.8, 4) is 5.75 Å². The van der Waals surface area contributed by atoms with E-state index in [2.05, 4.69) is 36.4 Å². The molecule has 0 saturated carbocycles. The largest absolute Gasteiger partial charge is 0.471 e. The summed E-state index contributed by atoms with van der Waals surface area (Å²) in [5.41, 5.74) is 1.69. The summed E-state index contributed by atoms with van der Waals surface area (Å²) >= 11 is 0. The van der Waals surface area contributed by atoms with Gasteiger partial charge < -0.3 is 10.1 Å². The Labute approximate surface area is 131 Å². The van der Waals surface area contributed by atoms with Crippen LogP contribution in [-0.4, -0.2) is 22.2 Å². The van der Waals surface area contributed by atoms with E-state index in [1.807, 2.05) is 19.1 Å². The monoisotopic (exact) mass is 301 g/mol. The zero-order chi connectivity index (χ0) is 15.9. The van der Waals surface area contributed by atoms with Gasteiger partial charge in [-0.1, -0.05) is 32.9 Å². The number of amides is 1. The van der Waals surface area contributed by atoms with Crippen LogP contribution in [0, 0.1) is 0 Å². The molecule has 1 aromatic carbocycles. The molecule has 1 amide bonds. The van der Waals surface area contributed by atoms with E-state index in [0.29, 0.717) is 18.2 Å². The van der Waals surface area contributed by atoms with Crippen molar-refractivity contribution in [2.45, 2.75) is 39.8 Å². The van der Waals surface area contributed by atoms with Gasteiger partial charge in [0.15, 0.2) is 6.73 Å². The minimum atomic E-state index is -0.151. The summed E-state index contributed by atoms with van der Waals surface area (Å²) in [7, 11) is 0. The van der Waals surface area contributed by atoms with Gasteiger partial charge in [0, 0.05) is 12.7 Å². The fraction of sp³-hybridized carbons (Fsp3) is 0.412. The van der Waals surface area contributed by atoms with Gasteiger partial charge in [-0.3, -0.25) is 4.79 Å². The highest BCUT2D eigenvalue weighted by molar-refractivity contribution is 5.92. The molecular weight excluding hydrogens is 278 g/mol. The van der Waals surface area contributed by atoms with Crippen LogP contribution < -0.4 is 10.1 Å². The summed E-state index contributed by atoms with van der Waals surface area (Å²) in [6, 6.07) is 9.72. The average Bonchev–Trinajstić information content (AvgIpc) is 3.00. The van der Waals surface area contributed by atoms with Crippen LogP contribution in [-0.2, 0) is 6.73 Å². The van der Waals surface area contributed by atoms with E-state index in [4.69, 9.17) is 4.74 Å². The summed E-state index contributed by atoms with van der Waals surface area (Å²) < 4.78 is 7.28. The lowest BCUT2D eigenvalue weighted by Crippen LogP contribution is -2.24. The molecule has 0 spiro atoms. The molecule has 0 atom stereocenters. The highest BCUT2D eigenvalue weighted by Crippen LogP contribution is 2.18. The predicted octanol–water partition coefficient (Wildman–Crippen LogP) is 3.18. The Morgan fingerprint density at radius 3 is 2.64 bits per heavy atom. The van der Waals surface area contributed by atoms with Gasteiger partial charge in [0.2, 0.25) is 0 Å². The molecular formula is C17H23N3O2. The Bertz CT molecular complexity index is 603. The predicted molar refractivity (Wildman–Crippen MR) is 86.0 cm³/mol. The van der Waals surface area contributed by atoms with Gasteiger partial charge >= 0.3 is 0 Å². The third-order valence-electron chi connectivity index (χ3n) is 3.32. The van der Waals surface area contributed by atoms with Crippen LogP contribution in [0.3, 0.4) is 0 Å². The average molecular weight is 301 g/mol. The molecule has 5 heteroatoms. The number of nitrogens with one attached hydrogen (secondary N) is 1. The normalized spacial score (nSPS) is 10.7. The van der Waals surface area contributed by atoms with Crippen molar-refractivity contribution in [3.63, 3.8) is 0 Å². The highest BCUT2D eigenvalue weighted by Gasteiger charge is 2.08. The maximum absolute atomic E-state index is 11.8. The standard InChI is InChI=1S/C17H23N3O2/c1-4-10-18-17(21)16-9-11-20(19-16)12-22-15-7-5-14(6-8-15)13(2)3/h5-9,11,13H,4,10,12H2,1-3H3,(H,18,21). The lowest BCUT2D eigenvalue weighted by atomic mass is 10.0. The van der Waals surface area contributed by atoms with Crippen molar-refractivity contribution >= 4 is 5.91 Å². The van der Waals surface area contributed by atoms with E-state index in [9.17, 15) is 4.79 Å². The molecule has 0 aliphatic heterocycles. The van der Waals surface area contributed by atoms with E-state index >= 15 is 0 Å². The van der Waals surface area contributed by atoms with Gasteiger partial charge in [0.25, 0.3) is 5.91 Å². The van der Waals surface area contributed by atoms with Crippen molar-refractivity contribution in [1.29, 1.82) is 0 Å². The Balaban J connectivity index is 1.89. The molecule has 2 aromatic rings. The van der Waals surface area contributed by atoms with Crippen molar-refractivity contribution < 1.29 is 9.53 Å². The fourth-order valence-corrected chi connectivity index (χ4v) is 1.97. The lowest BCUT2D eigenvalue weighted by molar-refractivity contribution is 0.0946. The Kier molecular flexibility index (Phi) is 5.58. The summed E-state index contributed by atoms with van der Waals surface area (Å²) in [5.74, 6) is 1.14. The van der Waals surface area contributed by atoms with Crippen LogP contribution >= 0.6 is 0 Å². The number of hydrogen-bond acceptors (Lipinski definition) is 3. The van der Waals surface area contributed by atoms with Crippen LogP contribution in [0.5, 0.6) is 5.75 Å². The molecule has 118 valence electrons. The van der Waals surface area contributed by atoms with E-state index in [1.165, 1.54) is 5.56 Å². The summed E-state index contributed by atoms with van der Waals surface area (Å²) in [6.07, 6.45) is 2.64. The number of ether oxygens (including phenoxy) is 1. The molecule has 0 bridgehead atoms. The first-order chi connectivity index (χ1) is 10.6. The quantitative estimate of drug-likeness (QED) is 0.854. The van der Waals surface area contributed by atoms with Gasteiger partial charge in [-0.15, -0.1) is 0 Å². The van der Waals surface area contributed by atoms with E-state index < -0.39 is 0 Å². The van der Waals surface area contributed by atoms with Gasteiger partial charge in [-0.2, -0.15) is 5.10 Å². The first kappa shape index (κ1) is 16.1. The summed E-state index contributed by atoms with van der Waals surface area (Å²) in [4.78, 5) is 11.8. The Morgan fingerprint density at radius 2 is 2.00 bits per heavy atom. The van der Waals surface area contributed by atoms with Crippen LogP contribution in [0.25, 0.3) is 0 Å². The van der Waals surface area contributed by atoms with Crippen molar-refractivity contribution in [1.82, 2.24) is 15.1 Å². The topological polar surface area (TPSA) is 56.2 Å². The number of benzene rings is 1. The van der Waals surface area contributed by atoms with E-state index in [-0.39, 0.29) is 12.6 Å². The first-order valence-corrected chi connectivity index (χ1v) is 7.64. The lowest BCUT2D eigenvalue weighted by Gasteiger charge is -2.09. The minimum Gasteiger partial charge on any atom is -0.471 e. The summed E-state index contributed by atoms with van der Waals surface area (Å²) in [6.45, 7) is 7.26. The number of aromatic nitrogens is 2. The maximum atomic E-state index is 11.8. The molecule has 0 aliphatic carbocycles. The van der Waals surface area contributed by atoms with Crippen molar-refractivity contribution in [2.24, 2.45) is 0 Å². The second-order valence-corrected chi connectivity index (χ2v) is 5.49. The third-order valence-corrected chi connectivity index (χ3v) is 3.32. The number of hydrogen-bond donors (Lipinski definition) is 1. The molecule has 1 aromatic heterocycles. The molecule has 1 N–H and O–H groups in total. The molecule has 0 radical (unpaired) electrons. The molecule has 22 heavy (non-hydrogen) atoms. The maximum Gasteiger partial charge on any atom is 0.271 e. The fourth-order valence-electron chi connectivity index (χ4n) is 1.97. The number of nitrogens with zero attached hydrogens (tertiary/aromatic N) is 2. The van der Waals surface area contributed by atoms with Crippen molar-refractivity contribution in [2.75, 3.05) is 6.54 Å². The zero-order valence-corrected chi connectivity index (χ0v) is 13.4. The molecule has 0 unspecified atom stereocenters. The molecule has 1 heterocycles. The molecule has 0 saturated heterocycles.